The number of carbonyl (C=O) groups is 1. The van der Waals surface area contributed by atoms with E-state index in [0.29, 0.717) is 6.54 Å². The van der Waals surface area contributed by atoms with Crippen LogP contribution in [0.15, 0.2) is 28.7 Å². The lowest BCUT2D eigenvalue weighted by atomic mass is 10.1. The van der Waals surface area contributed by atoms with Crippen molar-refractivity contribution in [3.63, 3.8) is 0 Å². The molecule has 80 valence electrons. The molecule has 4 heteroatoms. The van der Waals surface area contributed by atoms with Gasteiger partial charge in [-0.2, -0.15) is 0 Å². The summed E-state index contributed by atoms with van der Waals surface area (Å²) in [6, 6.07) is 7.91. The minimum Gasteiger partial charge on any atom is -0.465 e. The maximum Gasteiger partial charge on any atom is 0.407 e. The summed E-state index contributed by atoms with van der Waals surface area (Å²) in [7, 11) is 0. The van der Waals surface area contributed by atoms with E-state index in [9.17, 15) is 4.79 Å². The van der Waals surface area contributed by atoms with Crippen molar-refractivity contribution in [2.45, 2.75) is 18.9 Å². The van der Waals surface area contributed by atoms with E-state index in [0.717, 1.165) is 22.9 Å². The molecule has 0 aromatic heterocycles. The first-order chi connectivity index (χ1) is 7.18. The number of likely N-dealkylation sites (tertiary alicyclic amines) is 1. The molecule has 1 N–H and O–H groups in total. The molecule has 0 aliphatic carbocycles. The third kappa shape index (κ3) is 2.15. The molecule has 1 aliphatic heterocycles. The Kier molecular flexibility index (Phi) is 2.95. The van der Waals surface area contributed by atoms with Crippen molar-refractivity contribution in [2.24, 2.45) is 0 Å². The van der Waals surface area contributed by atoms with Gasteiger partial charge in [-0.3, -0.25) is 0 Å². The number of hydrogen-bond donors (Lipinski definition) is 1. The average Bonchev–Trinajstić information content (AvgIpc) is 2.67. The highest BCUT2D eigenvalue weighted by molar-refractivity contribution is 9.10. The molecule has 0 saturated carbocycles. The van der Waals surface area contributed by atoms with Crippen molar-refractivity contribution >= 4 is 22.0 Å². The molecule has 2 rings (SSSR count). The zero-order chi connectivity index (χ0) is 10.8. The van der Waals surface area contributed by atoms with Crippen LogP contribution in [0.4, 0.5) is 4.79 Å². The van der Waals surface area contributed by atoms with Crippen molar-refractivity contribution in [3.05, 3.63) is 34.3 Å². The van der Waals surface area contributed by atoms with Crippen LogP contribution < -0.4 is 0 Å². The molecule has 1 aromatic rings. The first-order valence-corrected chi connectivity index (χ1v) is 5.73. The maximum absolute atomic E-state index is 11.0. The van der Waals surface area contributed by atoms with Crippen LogP contribution in [0.25, 0.3) is 0 Å². The average molecular weight is 270 g/mol. The van der Waals surface area contributed by atoms with Crippen LogP contribution in [-0.2, 0) is 0 Å². The SMILES string of the molecule is O=C(O)N1CCC[C@H]1c1ccc(Br)cc1. The molecule has 1 atom stereocenters. The van der Waals surface area contributed by atoms with Crippen LogP contribution in [-0.4, -0.2) is 22.6 Å². The Balaban J connectivity index is 2.22. The van der Waals surface area contributed by atoms with E-state index < -0.39 is 6.09 Å². The number of rotatable bonds is 1. The van der Waals surface area contributed by atoms with E-state index in [1.165, 1.54) is 4.90 Å². The Hall–Kier alpha value is -1.03. The molecule has 1 aromatic carbocycles. The van der Waals surface area contributed by atoms with Gasteiger partial charge >= 0.3 is 6.09 Å². The van der Waals surface area contributed by atoms with E-state index in [1.807, 2.05) is 24.3 Å². The third-order valence-corrected chi connectivity index (χ3v) is 3.28. The Bertz CT molecular complexity index is 363. The molecular weight excluding hydrogens is 258 g/mol. The standard InChI is InChI=1S/C11H12BrNO2/c12-9-5-3-8(4-6-9)10-2-1-7-13(10)11(14)15/h3-6,10H,1-2,7H2,(H,14,15)/t10-/m0/s1. The zero-order valence-electron chi connectivity index (χ0n) is 8.19. The quantitative estimate of drug-likeness (QED) is 0.850. The number of benzene rings is 1. The first kappa shape index (κ1) is 10.5. The van der Waals surface area contributed by atoms with E-state index in [2.05, 4.69) is 15.9 Å². The monoisotopic (exact) mass is 269 g/mol. The van der Waals surface area contributed by atoms with E-state index in [4.69, 9.17) is 5.11 Å². The van der Waals surface area contributed by atoms with Crippen LogP contribution >= 0.6 is 15.9 Å². The Morgan fingerprint density at radius 1 is 1.40 bits per heavy atom. The molecule has 1 amide bonds. The minimum atomic E-state index is -0.819. The molecular formula is C11H12BrNO2. The summed E-state index contributed by atoms with van der Waals surface area (Å²) in [4.78, 5) is 12.5. The fourth-order valence-corrected chi connectivity index (χ4v) is 2.29. The summed E-state index contributed by atoms with van der Waals surface area (Å²) in [6.07, 6.45) is 1.06. The molecule has 1 heterocycles. The van der Waals surface area contributed by atoms with E-state index in [-0.39, 0.29) is 6.04 Å². The highest BCUT2D eigenvalue weighted by atomic mass is 79.9. The fraction of sp³-hybridized carbons (Fsp3) is 0.364. The van der Waals surface area contributed by atoms with Gasteiger partial charge < -0.3 is 10.0 Å². The smallest absolute Gasteiger partial charge is 0.407 e. The maximum atomic E-state index is 11.0. The van der Waals surface area contributed by atoms with Crippen molar-refractivity contribution in [1.29, 1.82) is 0 Å². The fourth-order valence-electron chi connectivity index (χ4n) is 2.03. The van der Waals surface area contributed by atoms with E-state index >= 15 is 0 Å². The number of halogens is 1. The molecule has 1 saturated heterocycles. The van der Waals surface area contributed by atoms with Crippen molar-refractivity contribution in [1.82, 2.24) is 4.90 Å². The Morgan fingerprint density at radius 2 is 2.07 bits per heavy atom. The normalized spacial score (nSPS) is 20.6. The highest BCUT2D eigenvalue weighted by Gasteiger charge is 2.29. The molecule has 3 nitrogen and oxygen atoms in total. The molecule has 15 heavy (non-hydrogen) atoms. The predicted molar refractivity (Wildman–Crippen MR) is 60.8 cm³/mol. The summed E-state index contributed by atoms with van der Waals surface area (Å²) in [5, 5.41) is 9.02. The van der Waals surface area contributed by atoms with Gasteiger partial charge in [0.1, 0.15) is 0 Å². The lowest BCUT2D eigenvalue weighted by Crippen LogP contribution is -2.28. The van der Waals surface area contributed by atoms with Gasteiger partial charge in [0, 0.05) is 11.0 Å². The van der Waals surface area contributed by atoms with Crippen molar-refractivity contribution < 1.29 is 9.90 Å². The summed E-state index contributed by atoms with van der Waals surface area (Å²) < 4.78 is 1.02. The summed E-state index contributed by atoms with van der Waals surface area (Å²) in [5.74, 6) is 0. The molecule has 1 fully saturated rings. The van der Waals surface area contributed by atoms with Gasteiger partial charge in [-0.05, 0) is 30.5 Å². The van der Waals surface area contributed by atoms with Gasteiger partial charge in [0.25, 0.3) is 0 Å². The van der Waals surface area contributed by atoms with Crippen LogP contribution in [0.5, 0.6) is 0 Å². The number of amides is 1. The Labute approximate surface area is 96.8 Å². The van der Waals surface area contributed by atoms with Crippen LogP contribution in [0.1, 0.15) is 24.4 Å². The van der Waals surface area contributed by atoms with Gasteiger partial charge in [0.15, 0.2) is 0 Å². The topological polar surface area (TPSA) is 40.5 Å². The number of hydrogen-bond acceptors (Lipinski definition) is 1. The second kappa shape index (κ2) is 4.23. The molecule has 0 spiro atoms. The second-order valence-corrected chi connectivity index (χ2v) is 4.60. The van der Waals surface area contributed by atoms with Crippen LogP contribution in [0, 0.1) is 0 Å². The number of nitrogens with zero attached hydrogens (tertiary/aromatic N) is 1. The molecule has 0 radical (unpaired) electrons. The number of carboxylic acid groups (broad SMARTS) is 1. The summed E-state index contributed by atoms with van der Waals surface area (Å²) in [6.45, 7) is 0.649. The minimum absolute atomic E-state index is 0.0376. The van der Waals surface area contributed by atoms with Crippen LogP contribution in [0.3, 0.4) is 0 Å². The molecule has 1 aliphatic rings. The van der Waals surface area contributed by atoms with Gasteiger partial charge in [-0.15, -0.1) is 0 Å². The lowest BCUT2D eigenvalue weighted by molar-refractivity contribution is 0.140. The Morgan fingerprint density at radius 3 is 2.67 bits per heavy atom. The van der Waals surface area contributed by atoms with Crippen molar-refractivity contribution in [3.8, 4) is 0 Å². The summed E-state index contributed by atoms with van der Waals surface area (Å²) in [5.41, 5.74) is 1.08. The zero-order valence-corrected chi connectivity index (χ0v) is 9.77. The lowest BCUT2D eigenvalue weighted by Gasteiger charge is -2.21. The second-order valence-electron chi connectivity index (χ2n) is 3.69. The van der Waals surface area contributed by atoms with Gasteiger partial charge in [-0.25, -0.2) is 4.79 Å². The van der Waals surface area contributed by atoms with Crippen molar-refractivity contribution in [2.75, 3.05) is 6.54 Å². The summed E-state index contributed by atoms with van der Waals surface area (Å²) >= 11 is 3.37. The predicted octanol–water partition coefficient (Wildman–Crippen LogP) is 3.26. The largest absolute Gasteiger partial charge is 0.465 e. The van der Waals surface area contributed by atoms with Gasteiger partial charge in [-0.1, -0.05) is 28.1 Å². The van der Waals surface area contributed by atoms with Crippen LogP contribution in [0.2, 0.25) is 0 Å². The van der Waals surface area contributed by atoms with Gasteiger partial charge in [0.05, 0.1) is 6.04 Å². The molecule has 0 bridgehead atoms. The third-order valence-electron chi connectivity index (χ3n) is 2.75. The van der Waals surface area contributed by atoms with Gasteiger partial charge in [0.2, 0.25) is 0 Å². The highest BCUT2D eigenvalue weighted by Crippen LogP contribution is 2.32. The molecule has 0 unspecified atom stereocenters. The first-order valence-electron chi connectivity index (χ1n) is 4.93. The van der Waals surface area contributed by atoms with E-state index in [1.54, 1.807) is 0 Å².